The first-order valence-corrected chi connectivity index (χ1v) is 6.87. The molecule has 1 aromatic rings. The third kappa shape index (κ3) is 4.55. The summed E-state index contributed by atoms with van der Waals surface area (Å²) in [7, 11) is 0. The monoisotopic (exact) mass is 327 g/mol. The van der Waals surface area contributed by atoms with Crippen molar-refractivity contribution in [1.82, 2.24) is 4.90 Å². The molecule has 0 heterocycles. The van der Waals surface area contributed by atoms with Crippen LogP contribution in [0.4, 0.5) is 5.69 Å². The van der Waals surface area contributed by atoms with Crippen molar-refractivity contribution < 1.29 is 9.59 Å². The number of carbonyl (C=O) groups is 2. The second-order valence-corrected chi connectivity index (χ2v) is 5.14. The number of benzene rings is 1. The van der Waals surface area contributed by atoms with Gasteiger partial charge in [-0.05, 0) is 40.5 Å². The van der Waals surface area contributed by atoms with Crippen LogP contribution in [0.5, 0.6) is 0 Å². The Morgan fingerprint density at radius 2 is 2.05 bits per heavy atom. The molecule has 104 valence electrons. The van der Waals surface area contributed by atoms with Gasteiger partial charge in [-0.2, -0.15) is 0 Å². The lowest BCUT2D eigenvalue weighted by molar-refractivity contribution is -0.118. The average Bonchev–Trinajstić information content (AvgIpc) is 2.36. The molecule has 0 unspecified atom stereocenters. The van der Waals surface area contributed by atoms with E-state index >= 15 is 0 Å². The standard InChI is InChI=1S/C13H18BrN3O2/c1-2-3-6-17(8-12(16)18)13(19)9-4-5-11(15)10(14)7-9/h4-5,7H,2-3,6,8,15H2,1H3,(H2,16,18). The van der Waals surface area contributed by atoms with Crippen molar-refractivity contribution in [2.24, 2.45) is 5.73 Å². The van der Waals surface area contributed by atoms with E-state index in [0.717, 1.165) is 12.8 Å². The minimum Gasteiger partial charge on any atom is -0.398 e. The highest BCUT2D eigenvalue weighted by atomic mass is 79.9. The number of amides is 2. The SMILES string of the molecule is CCCCN(CC(N)=O)C(=O)c1ccc(N)c(Br)c1. The van der Waals surface area contributed by atoms with Crippen LogP contribution in [0.3, 0.4) is 0 Å². The van der Waals surface area contributed by atoms with Crippen molar-refractivity contribution in [3.8, 4) is 0 Å². The van der Waals surface area contributed by atoms with Gasteiger partial charge in [0.05, 0.1) is 6.54 Å². The normalized spacial score (nSPS) is 10.2. The van der Waals surface area contributed by atoms with Gasteiger partial charge in [0.25, 0.3) is 5.91 Å². The van der Waals surface area contributed by atoms with E-state index < -0.39 is 5.91 Å². The number of hydrogen-bond acceptors (Lipinski definition) is 3. The van der Waals surface area contributed by atoms with Gasteiger partial charge in [-0.25, -0.2) is 0 Å². The molecule has 0 saturated carbocycles. The van der Waals surface area contributed by atoms with Crippen LogP contribution in [0.1, 0.15) is 30.1 Å². The zero-order valence-corrected chi connectivity index (χ0v) is 12.4. The van der Waals surface area contributed by atoms with Crippen molar-refractivity contribution in [1.29, 1.82) is 0 Å². The fourth-order valence-corrected chi connectivity index (χ4v) is 2.01. The molecule has 0 aromatic heterocycles. The quantitative estimate of drug-likeness (QED) is 0.780. The summed E-state index contributed by atoms with van der Waals surface area (Å²) in [5.41, 5.74) is 11.9. The van der Waals surface area contributed by atoms with Crippen LogP contribution in [-0.2, 0) is 4.79 Å². The molecule has 0 fully saturated rings. The first-order valence-electron chi connectivity index (χ1n) is 6.08. The van der Waals surface area contributed by atoms with Crippen molar-refractivity contribution in [2.45, 2.75) is 19.8 Å². The van der Waals surface area contributed by atoms with E-state index in [2.05, 4.69) is 15.9 Å². The number of primary amides is 1. The second kappa shape index (κ2) is 7.13. The highest BCUT2D eigenvalue weighted by molar-refractivity contribution is 9.10. The lowest BCUT2D eigenvalue weighted by Gasteiger charge is -2.21. The van der Waals surface area contributed by atoms with Crippen LogP contribution in [0, 0.1) is 0 Å². The molecule has 0 radical (unpaired) electrons. The topological polar surface area (TPSA) is 89.4 Å². The van der Waals surface area contributed by atoms with E-state index in [0.29, 0.717) is 22.3 Å². The fourth-order valence-electron chi connectivity index (χ4n) is 1.63. The lowest BCUT2D eigenvalue weighted by atomic mass is 10.1. The zero-order chi connectivity index (χ0) is 14.4. The fraction of sp³-hybridized carbons (Fsp3) is 0.385. The number of hydrogen-bond donors (Lipinski definition) is 2. The van der Waals surface area contributed by atoms with E-state index in [4.69, 9.17) is 11.5 Å². The Morgan fingerprint density at radius 3 is 2.58 bits per heavy atom. The third-order valence-corrected chi connectivity index (χ3v) is 3.35. The van der Waals surface area contributed by atoms with Crippen molar-refractivity contribution in [3.05, 3.63) is 28.2 Å². The van der Waals surface area contributed by atoms with Gasteiger partial charge in [-0.15, -0.1) is 0 Å². The molecular weight excluding hydrogens is 310 g/mol. The predicted octanol–water partition coefficient (Wildman–Crippen LogP) is 1.76. The first-order chi connectivity index (χ1) is 8.95. The maximum absolute atomic E-state index is 12.3. The van der Waals surface area contributed by atoms with Crippen LogP contribution < -0.4 is 11.5 Å². The molecule has 1 rings (SSSR count). The minimum atomic E-state index is -0.515. The smallest absolute Gasteiger partial charge is 0.254 e. The van der Waals surface area contributed by atoms with Crippen LogP contribution in [0.15, 0.2) is 22.7 Å². The Balaban J connectivity index is 2.90. The summed E-state index contributed by atoms with van der Waals surface area (Å²) in [6.45, 7) is 2.47. The number of anilines is 1. The summed E-state index contributed by atoms with van der Waals surface area (Å²) in [6.07, 6.45) is 1.77. The number of unbranched alkanes of at least 4 members (excludes halogenated alkanes) is 1. The third-order valence-electron chi connectivity index (χ3n) is 2.66. The largest absolute Gasteiger partial charge is 0.398 e. The van der Waals surface area contributed by atoms with E-state index in [1.165, 1.54) is 4.90 Å². The maximum Gasteiger partial charge on any atom is 0.254 e. The highest BCUT2D eigenvalue weighted by Gasteiger charge is 2.17. The molecule has 1 aromatic carbocycles. The number of rotatable bonds is 6. The van der Waals surface area contributed by atoms with Gasteiger partial charge in [0.1, 0.15) is 0 Å². The summed E-state index contributed by atoms with van der Waals surface area (Å²) < 4.78 is 0.660. The van der Waals surface area contributed by atoms with E-state index in [1.54, 1.807) is 18.2 Å². The van der Waals surface area contributed by atoms with Crippen molar-refractivity contribution >= 4 is 33.4 Å². The first kappa shape index (κ1) is 15.5. The van der Waals surface area contributed by atoms with Gasteiger partial charge in [-0.3, -0.25) is 9.59 Å². The summed E-state index contributed by atoms with van der Waals surface area (Å²) in [4.78, 5) is 24.8. The molecular formula is C13H18BrN3O2. The Morgan fingerprint density at radius 1 is 1.37 bits per heavy atom. The summed E-state index contributed by atoms with van der Waals surface area (Å²) in [6, 6.07) is 4.94. The average molecular weight is 328 g/mol. The summed E-state index contributed by atoms with van der Waals surface area (Å²) >= 11 is 3.28. The molecule has 0 aliphatic heterocycles. The van der Waals surface area contributed by atoms with Crippen LogP contribution in [-0.4, -0.2) is 29.8 Å². The van der Waals surface area contributed by atoms with E-state index in [1.807, 2.05) is 6.92 Å². The molecule has 5 nitrogen and oxygen atoms in total. The van der Waals surface area contributed by atoms with E-state index in [9.17, 15) is 9.59 Å². The Kier molecular flexibility index (Phi) is 5.82. The number of halogens is 1. The Labute approximate surface area is 121 Å². The molecule has 0 aliphatic carbocycles. The van der Waals surface area contributed by atoms with Crippen LogP contribution in [0.25, 0.3) is 0 Å². The molecule has 4 N–H and O–H groups in total. The van der Waals surface area contributed by atoms with Crippen molar-refractivity contribution in [3.63, 3.8) is 0 Å². The van der Waals surface area contributed by atoms with Gasteiger partial charge in [0.2, 0.25) is 5.91 Å². The summed E-state index contributed by atoms with van der Waals surface area (Å²) in [5.74, 6) is -0.730. The molecule has 0 spiro atoms. The Bertz CT molecular complexity index is 477. The molecule has 0 atom stereocenters. The van der Waals surface area contributed by atoms with E-state index in [-0.39, 0.29) is 12.5 Å². The second-order valence-electron chi connectivity index (χ2n) is 4.28. The summed E-state index contributed by atoms with van der Waals surface area (Å²) in [5, 5.41) is 0. The zero-order valence-electron chi connectivity index (χ0n) is 10.9. The number of carbonyl (C=O) groups excluding carboxylic acids is 2. The highest BCUT2D eigenvalue weighted by Crippen LogP contribution is 2.21. The molecule has 0 aliphatic rings. The molecule has 0 saturated heterocycles. The minimum absolute atomic E-state index is 0.0686. The number of nitrogens with zero attached hydrogens (tertiary/aromatic N) is 1. The van der Waals surface area contributed by atoms with Gasteiger partial charge >= 0.3 is 0 Å². The number of nitrogens with two attached hydrogens (primary N) is 2. The van der Waals surface area contributed by atoms with Gasteiger partial charge in [0.15, 0.2) is 0 Å². The lowest BCUT2D eigenvalue weighted by Crippen LogP contribution is -2.39. The predicted molar refractivity (Wildman–Crippen MR) is 78.6 cm³/mol. The number of nitrogen functional groups attached to an aromatic ring is 1. The van der Waals surface area contributed by atoms with Gasteiger partial charge < -0.3 is 16.4 Å². The van der Waals surface area contributed by atoms with Crippen molar-refractivity contribution in [2.75, 3.05) is 18.8 Å². The van der Waals surface area contributed by atoms with Crippen LogP contribution >= 0.6 is 15.9 Å². The maximum atomic E-state index is 12.3. The van der Waals surface area contributed by atoms with Gasteiger partial charge in [0, 0.05) is 22.3 Å². The van der Waals surface area contributed by atoms with Gasteiger partial charge in [-0.1, -0.05) is 13.3 Å². The van der Waals surface area contributed by atoms with Crippen LogP contribution in [0.2, 0.25) is 0 Å². The molecule has 0 bridgehead atoms. The Hall–Kier alpha value is -1.56. The molecule has 2 amide bonds. The molecule has 19 heavy (non-hydrogen) atoms. The molecule has 6 heteroatoms.